The standard InChI is InChI=1S/C46H56N4O8/c1-8-15-43-16-12-18-50-19-17-44(38(43)50)32-21-33(36(55-5)22-35(32)48(4)39(44)46(54,42(53)57-7)40(43)58-27(3)51)45(41(52)56-6)23-29-20-28(9-2)24-49(25-29)26-31-30-13-10-11-14-34(30)47-37(31)45/h10-14,16,20-22,29,38-40,47,54H,8-9,15,17-19,23-26H2,1-7H3/t29-,38-,39?,40+,43+,44+,45-,46-/m0/s1. The van der Waals surface area contributed by atoms with Gasteiger partial charge in [-0.15, -0.1) is 0 Å². The van der Waals surface area contributed by atoms with E-state index in [0.29, 0.717) is 56.6 Å². The molecular formula is C46H56N4O8. The van der Waals surface area contributed by atoms with Crippen molar-refractivity contribution in [3.05, 3.63) is 82.6 Å². The first kappa shape index (κ1) is 38.8. The quantitative estimate of drug-likeness (QED) is 0.179. The molecule has 12 heteroatoms. The van der Waals surface area contributed by atoms with Crippen molar-refractivity contribution in [2.24, 2.45) is 11.3 Å². The van der Waals surface area contributed by atoms with Crippen LogP contribution in [0, 0.1) is 11.3 Å². The third-order valence-electron chi connectivity index (χ3n) is 14.8. The Hall–Kier alpha value is -4.65. The van der Waals surface area contributed by atoms with E-state index in [9.17, 15) is 14.7 Å². The molecular weight excluding hydrogens is 737 g/mol. The van der Waals surface area contributed by atoms with Crippen LogP contribution in [-0.4, -0.2) is 116 Å². The van der Waals surface area contributed by atoms with Gasteiger partial charge in [-0.05, 0) is 61.4 Å². The van der Waals surface area contributed by atoms with Crippen LogP contribution in [0.1, 0.15) is 75.3 Å². The summed E-state index contributed by atoms with van der Waals surface area (Å²) in [6, 6.07) is 11.2. The number of aromatic amines is 1. The van der Waals surface area contributed by atoms with Gasteiger partial charge in [0.25, 0.3) is 0 Å². The van der Waals surface area contributed by atoms with Gasteiger partial charge in [-0.2, -0.15) is 0 Å². The Labute approximate surface area is 340 Å². The Morgan fingerprint density at radius 1 is 1.00 bits per heavy atom. The Morgan fingerprint density at radius 2 is 1.78 bits per heavy atom. The molecule has 9 atom stereocenters. The van der Waals surface area contributed by atoms with Gasteiger partial charge in [0.2, 0.25) is 5.60 Å². The highest BCUT2D eigenvalue weighted by atomic mass is 16.6. The van der Waals surface area contributed by atoms with E-state index < -0.39 is 45.9 Å². The summed E-state index contributed by atoms with van der Waals surface area (Å²) in [4.78, 5) is 53.4. The summed E-state index contributed by atoms with van der Waals surface area (Å²) in [5.41, 5.74) is 1.08. The number of nitrogens with zero attached hydrogens (tertiary/aromatic N) is 3. The first-order valence-electron chi connectivity index (χ1n) is 20.8. The number of fused-ring (bicyclic) bond motifs is 6. The molecule has 12 nitrogen and oxygen atoms in total. The second-order valence-corrected chi connectivity index (χ2v) is 17.6. The maximum atomic E-state index is 15.2. The van der Waals surface area contributed by atoms with E-state index in [1.165, 1.54) is 26.7 Å². The predicted octanol–water partition coefficient (Wildman–Crippen LogP) is 5.14. The smallest absolute Gasteiger partial charge is 0.344 e. The third kappa shape index (κ3) is 4.94. The highest BCUT2D eigenvalue weighted by molar-refractivity contribution is 5.95. The van der Waals surface area contributed by atoms with Gasteiger partial charge in [-0.25, -0.2) is 4.79 Å². The SMILES string of the molecule is CCC[C@]12C=CCN3CC[C@@]4(c5cc([C@@]6(C(=O)OC)C[C@@H]7C=C(CC)CN(Cc8c6[nH]c6ccccc86)C7)c(OC)cc5N(C)C4[C@@](O)(C(=O)OC)[C@@H]1OC(C)=O)[C@@H]32. The van der Waals surface area contributed by atoms with Crippen LogP contribution in [0.4, 0.5) is 5.69 Å². The highest BCUT2D eigenvalue weighted by Gasteiger charge is 2.80. The number of methoxy groups -OCH3 is 3. The summed E-state index contributed by atoms with van der Waals surface area (Å²) in [6.07, 6.45) is 8.52. The number of likely N-dealkylation sites (N-methyl/N-ethyl adjacent to an activating group) is 1. The number of H-pyrrole nitrogens is 1. The first-order chi connectivity index (χ1) is 27.9. The monoisotopic (exact) mass is 792 g/mol. The van der Waals surface area contributed by atoms with Crippen LogP contribution >= 0.6 is 0 Å². The van der Waals surface area contributed by atoms with Crippen LogP contribution in [-0.2, 0) is 46.0 Å². The molecule has 3 aromatic rings. The van der Waals surface area contributed by atoms with Crippen LogP contribution in [0.25, 0.3) is 10.9 Å². The summed E-state index contributed by atoms with van der Waals surface area (Å²) >= 11 is 0. The van der Waals surface area contributed by atoms with Crippen LogP contribution in [0.5, 0.6) is 5.75 Å². The molecule has 1 saturated heterocycles. The number of nitrogens with one attached hydrogen (secondary N) is 1. The Kier molecular flexibility index (Phi) is 9.18. The number of aromatic nitrogens is 1. The average molecular weight is 793 g/mol. The second kappa shape index (κ2) is 13.7. The Bertz CT molecular complexity index is 2270. The van der Waals surface area contributed by atoms with E-state index in [0.717, 1.165) is 52.9 Å². The largest absolute Gasteiger partial charge is 0.496 e. The van der Waals surface area contributed by atoms with Crippen molar-refractivity contribution in [3.8, 4) is 5.75 Å². The zero-order valence-corrected chi connectivity index (χ0v) is 34.7. The Morgan fingerprint density at radius 3 is 2.48 bits per heavy atom. The van der Waals surface area contributed by atoms with Crippen LogP contribution in [0.15, 0.2) is 60.2 Å². The Balaban J connectivity index is 1.37. The number of anilines is 1. The number of para-hydroxylation sites is 1. The molecule has 1 saturated carbocycles. The van der Waals surface area contributed by atoms with Crippen molar-refractivity contribution < 1.29 is 38.4 Å². The molecule has 5 aliphatic heterocycles. The number of carbonyl (C=O) groups is 3. The molecule has 6 aliphatic rings. The first-order valence-corrected chi connectivity index (χ1v) is 20.8. The number of ether oxygens (including phenoxy) is 4. The fourth-order valence-electron chi connectivity index (χ4n) is 13.1. The minimum Gasteiger partial charge on any atom is -0.496 e. The lowest BCUT2D eigenvalue weighted by atomic mass is 9.47. The van der Waals surface area contributed by atoms with Gasteiger partial charge < -0.3 is 33.9 Å². The third-order valence-corrected chi connectivity index (χ3v) is 14.8. The fourth-order valence-corrected chi connectivity index (χ4v) is 13.1. The molecule has 1 aromatic heterocycles. The molecule has 6 heterocycles. The molecule has 58 heavy (non-hydrogen) atoms. The number of aliphatic hydroxyl groups is 1. The molecule has 9 rings (SSSR count). The van der Waals surface area contributed by atoms with Crippen molar-refractivity contribution in [2.75, 3.05) is 59.5 Å². The lowest BCUT2D eigenvalue weighted by molar-refractivity contribution is -0.229. The number of benzene rings is 2. The van der Waals surface area contributed by atoms with E-state index in [1.54, 1.807) is 7.11 Å². The van der Waals surface area contributed by atoms with Crippen molar-refractivity contribution in [1.82, 2.24) is 14.8 Å². The van der Waals surface area contributed by atoms with Gasteiger partial charge >= 0.3 is 17.9 Å². The summed E-state index contributed by atoms with van der Waals surface area (Å²) < 4.78 is 24.0. The van der Waals surface area contributed by atoms with E-state index in [2.05, 4.69) is 65.1 Å². The summed E-state index contributed by atoms with van der Waals surface area (Å²) in [5, 5.41) is 14.4. The van der Waals surface area contributed by atoms with Crippen LogP contribution < -0.4 is 9.64 Å². The summed E-state index contributed by atoms with van der Waals surface area (Å²) in [5.74, 6) is -1.29. The van der Waals surface area contributed by atoms with Gasteiger partial charge in [0.1, 0.15) is 11.2 Å². The summed E-state index contributed by atoms with van der Waals surface area (Å²) in [7, 11) is 6.25. The number of rotatable bonds is 8. The molecule has 2 bridgehead atoms. The van der Waals surface area contributed by atoms with Gasteiger partial charge in [0.15, 0.2) is 6.10 Å². The highest BCUT2D eigenvalue weighted by Crippen LogP contribution is 2.68. The number of esters is 3. The number of hydrogen-bond acceptors (Lipinski definition) is 11. The van der Waals surface area contributed by atoms with Gasteiger partial charge in [0, 0.05) is 90.9 Å². The average Bonchev–Trinajstić information content (AvgIpc) is 3.87. The van der Waals surface area contributed by atoms with E-state index in [-0.39, 0.29) is 17.9 Å². The van der Waals surface area contributed by atoms with Gasteiger partial charge in [0.05, 0.1) is 27.4 Å². The maximum Gasteiger partial charge on any atom is 0.344 e. The van der Waals surface area contributed by atoms with E-state index in [4.69, 9.17) is 18.9 Å². The predicted molar refractivity (Wildman–Crippen MR) is 219 cm³/mol. The maximum absolute atomic E-state index is 15.2. The lowest BCUT2D eigenvalue weighted by Gasteiger charge is -2.63. The summed E-state index contributed by atoms with van der Waals surface area (Å²) in [6.45, 7) is 9.26. The van der Waals surface area contributed by atoms with Crippen LogP contribution in [0.2, 0.25) is 0 Å². The van der Waals surface area contributed by atoms with Gasteiger partial charge in [-0.1, -0.05) is 62.3 Å². The number of hydrogen-bond donors (Lipinski definition) is 2. The lowest BCUT2D eigenvalue weighted by Crippen LogP contribution is -2.81. The zero-order chi connectivity index (χ0) is 40.9. The molecule has 2 fully saturated rings. The molecule has 0 amide bonds. The van der Waals surface area contributed by atoms with Crippen molar-refractivity contribution in [1.29, 1.82) is 0 Å². The zero-order valence-electron chi connectivity index (χ0n) is 34.7. The molecule has 1 spiro atoms. The van der Waals surface area contributed by atoms with E-state index in [1.807, 2.05) is 30.1 Å². The molecule has 2 N–H and O–H groups in total. The normalized spacial score (nSPS) is 34.5. The van der Waals surface area contributed by atoms with Crippen molar-refractivity contribution >= 4 is 34.5 Å². The number of carbonyl (C=O) groups excluding carboxylic acids is 3. The second-order valence-electron chi connectivity index (χ2n) is 17.6. The molecule has 308 valence electrons. The van der Waals surface area contributed by atoms with Crippen molar-refractivity contribution in [3.63, 3.8) is 0 Å². The van der Waals surface area contributed by atoms with Crippen molar-refractivity contribution in [2.45, 2.75) is 94.0 Å². The molecule has 1 aliphatic carbocycles. The molecule has 2 unspecified atom stereocenters. The van der Waals surface area contributed by atoms with E-state index >= 15 is 4.79 Å². The minimum absolute atomic E-state index is 0.0279. The fraction of sp³-hybridized carbons (Fsp3) is 0.543. The minimum atomic E-state index is -2.28. The molecule has 2 aromatic carbocycles. The van der Waals surface area contributed by atoms with Gasteiger partial charge in [-0.3, -0.25) is 19.4 Å². The van der Waals surface area contributed by atoms with Crippen LogP contribution in [0.3, 0.4) is 0 Å². The molecule has 0 radical (unpaired) electrons. The topological polar surface area (TPSA) is 134 Å².